The second kappa shape index (κ2) is 4.18. The van der Waals surface area contributed by atoms with Gasteiger partial charge in [0.2, 0.25) is 11.5 Å². The molecule has 0 saturated carbocycles. The molecule has 0 radical (unpaired) electrons. The molecular weight excluding hydrogens is 296 g/mol. The highest BCUT2D eigenvalue weighted by Crippen LogP contribution is 2.50. The number of hydrogen-bond acceptors (Lipinski definition) is 4. The largest absolute Gasteiger partial charge is 0.362 e. The lowest BCUT2D eigenvalue weighted by molar-refractivity contribution is -0.109. The first-order valence-electron chi connectivity index (χ1n) is 7.17. The number of Topliss-reactive ketones (excluding diaryl/α,β-unsaturated/α-hetero) is 1. The van der Waals surface area contributed by atoms with E-state index in [1.165, 1.54) is 12.1 Å². The summed E-state index contributed by atoms with van der Waals surface area (Å²) in [5.74, 6) is -0.723. The lowest BCUT2D eigenvalue weighted by Gasteiger charge is -2.35. The van der Waals surface area contributed by atoms with Crippen LogP contribution in [0.2, 0.25) is 0 Å². The molecule has 2 atom stereocenters. The first kappa shape index (κ1) is 13.9. The fourth-order valence-corrected chi connectivity index (χ4v) is 3.39. The molecule has 0 unspecified atom stereocenters. The smallest absolute Gasteiger partial charge is 0.327 e. The maximum absolute atomic E-state index is 12.5. The summed E-state index contributed by atoms with van der Waals surface area (Å²) in [6, 6.07) is 12.5. The molecule has 3 N–H and O–H groups in total. The predicted octanol–water partition coefficient (Wildman–Crippen LogP) is 1.25. The number of amides is 2. The minimum atomic E-state index is -2.41. The molecule has 4 rings (SSSR count). The van der Waals surface area contributed by atoms with Gasteiger partial charge in [-0.25, -0.2) is 4.79 Å². The van der Waals surface area contributed by atoms with Crippen molar-refractivity contribution in [3.63, 3.8) is 0 Å². The van der Waals surface area contributed by atoms with Crippen LogP contribution in [0.15, 0.2) is 48.5 Å². The summed E-state index contributed by atoms with van der Waals surface area (Å²) >= 11 is 0. The molecule has 1 fully saturated rings. The Labute approximate surface area is 132 Å². The molecule has 23 heavy (non-hydrogen) atoms. The van der Waals surface area contributed by atoms with E-state index >= 15 is 0 Å². The average Bonchev–Trinajstić information content (AvgIpc) is 2.83. The number of aryl methyl sites for hydroxylation is 1. The van der Waals surface area contributed by atoms with Crippen molar-refractivity contribution >= 4 is 17.5 Å². The number of hydrogen-bond donors (Lipinski definition) is 3. The predicted molar refractivity (Wildman–Crippen MR) is 81.8 cm³/mol. The second-order valence-electron chi connectivity index (χ2n) is 5.86. The van der Waals surface area contributed by atoms with E-state index in [1.54, 1.807) is 30.3 Å². The van der Waals surface area contributed by atoms with Crippen molar-refractivity contribution in [2.45, 2.75) is 18.4 Å². The van der Waals surface area contributed by atoms with Crippen LogP contribution in [-0.2, 0) is 5.72 Å². The summed E-state index contributed by atoms with van der Waals surface area (Å²) < 4.78 is 0. The van der Waals surface area contributed by atoms with Crippen molar-refractivity contribution in [1.82, 2.24) is 5.32 Å². The summed E-state index contributed by atoms with van der Waals surface area (Å²) in [6.45, 7) is 1.85. The summed E-state index contributed by atoms with van der Waals surface area (Å²) in [5.41, 5.74) is -2.93. The molecule has 6 nitrogen and oxygen atoms in total. The Morgan fingerprint density at radius 2 is 1.78 bits per heavy atom. The van der Waals surface area contributed by atoms with Gasteiger partial charge >= 0.3 is 6.03 Å². The van der Waals surface area contributed by atoms with Crippen LogP contribution in [-0.4, -0.2) is 27.8 Å². The Morgan fingerprint density at radius 1 is 1.04 bits per heavy atom. The number of urea groups is 1. The van der Waals surface area contributed by atoms with Crippen LogP contribution in [0.4, 0.5) is 10.5 Å². The molecule has 1 aliphatic heterocycles. The number of benzene rings is 2. The van der Waals surface area contributed by atoms with E-state index in [9.17, 15) is 19.8 Å². The lowest BCUT2D eigenvalue weighted by atomic mass is 9.98. The summed E-state index contributed by atoms with van der Waals surface area (Å²) in [6.07, 6.45) is 0. The van der Waals surface area contributed by atoms with E-state index in [0.717, 1.165) is 10.5 Å². The van der Waals surface area contributed by atoms with Gasteiger partial charge in [0.15, 0.2) is 0 Å². The SMILES string of the molecule is Cc1cccc(N2C(=O)N[C@]3(O)C(=O)c4ccccc4[C@]23O)c1. The molecule has 0 aromatic heterocycles. The van der Waals surface area contributed by atoms with E-state index in [1.807, 2.05) is 13.0 Å². The van der Waals surface area contributed by atoms with Crippen LogP contribution in [0.3, 0.4) is 0 Å². The molecule has 1 heterocycles. The van der Waals surface area contributed by atoms with Crippen LogP contribution in [0, 0.1) is 6.92 Å². The van der Waals surface area contributed by atoms with Gasteiger partial charge in [-0.3, -0.25) is 15.0 Å². The average molecular weight is 310 g/mol. The van der Waals surface area contributed by atoms with Crippen molar-refractivity contribution in [2.75, 3.05) is 4.90 Å². The molecule has 1 saturated heterocycles. The van der Waals surface area contributed by atoms with Gasteiger partial charge in [-0.15, -0.1) is 0 Å². The number of fused-ring (bicyclic) bond motifs is 3. The van der Waals surface area contributed by atoms with Crippen molar-refractivity contribution in [2.24, 2.45) is 0 Å². The standard InChI is InChI=1S/C17H14N2O4/c1-10-5-4-6-11(9-10)19-15(21)18-16(22)14(20)12-7-2-3-8-13(12)17(16,19)23/h2-9,22-23H,1H3,(H,18,21)/t16-,17+/m0/s1. The van der Waals surface area contributed by atoms with Crippen LogP contribution < -0.4 is 10.2 Å². The molecular formula is C17H14N2O4. The van der Waals surface area contributed by atoms with Crippen LogP contribution in [0.1, 0.15) is 21.5 Å². The van der Waals surface area contributed by atoms with E-state index in [0.29, 0.717) is 5.69 Å². The number of rotatable bonds is 1. The number of aliphatic hydroxyl groups is 2. The Hall–Kier alpha value is -2.70. The highest BCUT2D eigenvalue weighted by Gasteiger charge is 2.72. The lowest BCUT2D eigenvalue weighted by Crippen LogP contribution is -2.59. The molecule has 0 bridgehead atoms. The third-order valence-electron chi connectivity index (χ3n) is 4.45. The zero-order chi connectivity index (χ0) is 16.4. The molecule has 1 aliphatic carbocycles. The van der Waals surface area contributed by atoms with Crippen molar-refractivity contribution in [3.8, 4) is 0 Å². The number of carbonyl (C=O) groups is 2. The van der Waals surface area contributed by atoms with Crippen LogP contribution >= 0.6 is 0 Å². The van der Waals surface area contributed by atoms with Gasteiger partial charge in [-0.05, 0) is 24.6 Å². The van der Waals surface area contributed by atoms with Crippen molar-refractivity contribution < 1.29 is 19.8 Å². The van der Waals surface area contributed by atoms with E-state index < -0.39 is 23.3 Å². The summed E-state index contributed by atoms with van der Waals surface area (Å²) in [5, 5.41) is 24.3. The van der Waals surface area contributed by atoms with Gasteiger partial charge in [0.25, 0.3) is 5.72 Å². The number of nitrogens with zero attached hydrogens (tertiary/aromatic N) is 1. The molecule has 6 heteroatoms. The number of ketones is 1. The molecule has 116 valence electrons. The Bertz CT molecular complexity index is 865. The van der Waals surface area contributed by atoms with Crippen molar-refractivity contribution in [3.05, 3.63) is 65.2 Å². The van der Waals surface area contributed by atoms with E-state index in [-0.39, 0.29) is 11.1 Å². The molecule has 2 aliphatic rings. The summed E-state index contributed by atoms with van der Waals surface area (Å²) in [4.78, 5) is 26.0. The Balaban J connectivity index is 2.00. The number of nitrogens with one attached hydrogen (secondary N) is 1. The third kappa shape index (κ3) is 1.49. The fraction of sp³-hybridized carbons (Fsp3) is 0.176. The molecule has 2 aromatic carbocycles. The zero-order valence-corrected chi connectivity index (χ0v) is 12.3. The Kier molecular flexibility index (Phi) is 2.53. The van der Waals surface area contributed by atoms with Crippen molar-refractivity contribution in [1.29, 1.82) is 0 Å². The quantitative estimate of drug-likeness (QED) is 0.739. The number of anilines is 1. The molecule has 0 spiro atoms. The fourth-order valence-electron chi connectivity index (χ4n) is 3.39. The minimum absolute atomic E-state index is 0.190. The zero-order valence-electron chi connectivity index (χ0n) is 12.3. The van der Waals surface area contributed by atoms with Gasteiger partial charge < -0.3 is 10.2 Å². The maximum Gasteiger partial charge on any atom is 0.327 e. The topological polar surface area (TPSA) is 89.9 Å². The monoisotopic (exact) mass is 310 g/mol. The van der Waals surface area contributed by atoms with Gasteiger partial charge in [-0.2, -0.15) is 0 Å². The van der Waals surface area contributed by atoms with E-state index in [4.69, 9.17) is 0 Å². The van der Waals surface area contributed by atoms with Crippen LogP contribution in [0.5, 0.6) is 0 Å². The van der Waals surface area contributed by atoms with Gasteiger partial charge in [0.05, 0.1) is 0 Å². The number of carbonyl (C=O) groups excluding carboxylic acids is 2. The second-order valence-corrected chi connectivity index (χ2v) is 5.86. The minimum Gasteiger partial charge on any atom is -0.362 e. The highest BCUT2D eigenvalue weighted by molar-refractivity contribution is 6.15. The molecule has 2 aromatic rings. The van der Waals surface area contributed by atoms with Gasteiger partial charge in [0, 0.05) is 16.8 Å². The van der Waals surface area contributed by atoms with Gasteiger partial charge in [-0.1, -0.05) is 36.4 Å². The summed E-state index contributed by atoms with van der Waals surface area (Å²) in [7, 11) is 0. The highest BCUT2D eigenvalue weighted by atomic mass is 16.4. The first-order chi connectivity index (χ1) is 10.9. The maximum atomic E-state index is 12.5. The first-order valence-corrected chi connectivity index (χ1v) is 7.17. The third-order valence-corrected chi connectivity index (χ3v) is 4.45. The Morgan fingerprint density at radius 3 is 2.52 bits per heavy atom. The normalized spacial score (nSPS) is 28.6. The van der Waals surface area contributed by atoms with Gasteiger partial charge in [0.1, 0.15) is 0 Å². The van der Waals surface area contributed by atoms with Crippen LogP contribution in [0.25, 0.3) is 0 Å². The van der Waals surface area contributed by atoms with E-state index in [2.05, 4.69) is 5.32 Å². The molecule has 2 amide bonds.